The fourth-order valence-electron chi connectivity index (χ4n) is 3.31. The van der Waals surface area contributed by atoms with E-state index in [9.17, 15) is 4.79 Å². The fourth-order valence-corrected chi connectivity index (χ4v) is 4.21. The lowest BCUT2D eigenvalue weighted by atomic mass is 9.86. The van der Waals surface area contributed by atoms with Crippen molar-refractivity contribution in [1.82, 2.24) is 5.32 Å². The quantitative estimate of drug-likeness (QED) is 0.834. The van der Waals surface area contributed by atoms with Crippen LogP contribution in [-0.4, -0.2) is 30.4 Å². The van der Waals surface area contributed by atoms with E-state index in [0.717, 1.165) is 29.2 Å². The van der Waals surface area contributed by atoms with Gasteiger partial charge in [-0.15, -0.1) is 11.8 Å². The van der Waals surface area contributed by atoms with Gasteiger partial charge in [0.1, 0.15) is 0 Å². The van der Waals surface area contributed by atoms with Crippen molar-refractivity contribution in [3.05, 3.63) is 18.2 Å². The maximum Gasteiger partial charge on any atom is 0.233 e. The molecule has 0 saturated heterocycles. The third-order valence-electron chi connectivity index (χ3n) is 4.84. The predicted molar refractivity (Wildman–Crippen MR) is 96.9 cm³/mol. The topological polar surface area (TPSA) is 47.6 Å². The molecular formula is C19H27NO3S. The van der Waals surface area contributed by atoms with Crippen molar-refractivity contribution in [3.63, 3.8) is 0 Å². The summed E-state index contributed by atoms with van der Waals surface area (Å²) < 4.78 is 11.4. The van der Waals surface area contributed by atoms with Gasteiger partial charge in [-0.1, -0.05) is 19.8 Å². The Bertz CT molecular complexity index is 578. The number of carbonyl (C=O) groups is 1. The minimum Gasteiger partial charge on any atom is -0.490 e. The van der Waals surface area contributed by atoms with Crippen LogP contribution in [-0.2, 0) is 4.79 Å². The Morgan fingerprint density at radius 1 is 1.17 bits per heavy atom. The van der Waals surface area contributed by atoms with Gasteiger partial charge < -0.3 is 14.8 Å². The number of carbonyl (C=O) groups excluding carboxylic acids is 1. The Morgan fingerprint density at radius 3 is 2.71 bits per heavy atom. The second kappa shape index (κ2) is 8.15. The van der Waals surface area contributed by atoms with Crippen molar-refractivity contribution < 1.29 is 14.3 Å². The number of thioether (sulfide) groups is 1. The summed E-state index contributed by atoms with van der Waals surface area (Å²) in [5.74, 6) is 2.29. The minimum atomic E-state index is -0.121. The highest BCUT2D eigenvalue weighted by Gasteiger charge is 2.25. The first kappa shape index (κ1) is 17.5. The normalized spacial score (nSPS) is 24.8. The molecule has 3 atom stereocenters. The predicted octanol–water partition coefficient (Wildman–Crippen LogP) is 4.02. The fraction of sp³-hybridized carbons (Fsp3) is 0.632. The summed E-state index contributed by atoms with van der Waals surface area (Å²) in [7, 11) is 0. The molecule has 3 unspecified atom stereocenters. The van der Waals surface area contributed by atoms with Crippen LogP contribution in [0.3, 0.4) is 0 Å². The van der Waals surface area contributed by atoms with Gasteiger partial charge >= 0.3 is 0 Å². The second-order valence-electron chi connectivity index (χ2n) is 6.80. The number of benzene rings is 1. The van der Waals surface area contributed by atoms with Crippen LogP contribution in [0.2, 0.25) is 0 Å². The summed E-state index contributed by atoms with van der Waals surface area (Å²) in [6, 6.07) is 6.26. The molecule has 1 aliphatic heterocycles. The first-order chi connectivity index (χ1) is 11.6. The molecule has 0 bridgehead atoms. The number of hydrogen-bond acceptors (Lipinski definition) is 4. The SMILES string of the molecule is CC(Sc1ccc2c(c1)OCCCO2)C(=O)NC1CCCCC1C. The summed E-state index contributed by atoms with van der Waals surface area (Å²) in [5, 5.41) is 3.12. The number of rotatable bonds is 4. The molecule has 4 nitrogen and oxygen atoms in total. The molecule has 0 spiro atoms. The molecule has 1 N–H and O–H groups in total. The molecule has 2 aliphatic rings. The number of amides is 1. The number of nitrogens with one attached hydrogen (secondary N) is 1. The summed E-state index contributed by atoms with van der Waals surface area (Å²) >= 11 is 1.57. The van der Waals surface area contributed by atoms with Crippen LogP contribution in [0.25, 0.3) is 0 Å². The first-order valence-corrected chi connectivity index (χ1v) is 9.88. The van der Waals surface area contributed by atoms with Crippen LogP contribution in [0.1, 0.15) is 46.0 Å². The maximum absolute atomic E-state index is 12.5. The molecule has 1 amide bonds. The standard InChI is InChI=1S/C19H27NO3S/c1-13-6-3-4-7-16(13)20-19(21)14(2)24-15-8-9-17-18(12-15)23-11-5-10-22-17/h8-9,12-14,16H,3-7,10-11H2,1-2H3,(H,20,21). The third kappa shape index (κ3) is 4.38. The Morgan fingerprint density at radius 2 is 1.92 bits per heavy atom. The monoisotopic (exact) mass is 349 g/mol. The molecular weight excluding hydrogens is 322 g/mol. The first-order valence-electron chi connectivity index (χ1n) is 9.00. The van der Waals surface area contributed by atoms with Crippen molar-refractivity contribution in [2.45, 2.75) is 62.1 Å². The van der Waals surface area contributed by atoms with Crippen LogP contribution in [0, 0.1) is 5.92 Å². The van der Waals surface area contributed by atoms with E-state index in [4.69, 9.17) is 9.47 Å². The third-order valence-corrected chi connectivity index (χ3v) is 5.93. The number of ether oxygens (including phenoxy) is 2. The van der Waals surface area contributed by atoms with E-state index in [-0.39, 0.29) is 11.2 Å². The number of fused-ring (bicyclic) bond motifs is 1. The van der Waals surface area contributed by atoms with Gasteiger partial charge in [0.2, 0.25) is 5.91 Å². The van der Waals surface area contributed by atoms with Gasteiger partial charge in [-0.3, -0.25) is 4.79 Å². The minimum absolute atomic E-state index is 0.121. The molecule has 1 saturated carbocycles. The average Bonchev–Trinajstić information content (AvgIpc) is 2.81. The Kier molecular flexibility index (Phi) is 5.93. The molecule has 1 fully saturated rings. The smallest absolute Gasteiger partial charge is 0.233 e. The van der Waals surface area contributed by atoms with Gasteiger partial charge in [0.05, 0.1) is 18.5 Å². The highest BCUT2D eigenvalue weighted by atomic mass is 32.2. The average molecular weight is 349 g/mol. The summed E-state index contributed by atoms with van der Waals surface area (Å²) in [5.41, 5.74) is 0. The maximum atomic E-state index is 12.5. The van der Waals surface area contributed by atoms with Gasteiger partial charge in [-0.25, -0.2) is 0 Å². The zero-order chi connectivity index (χ0) is 16.9. The molecule has 5 heteroatoms. The van der Waals surface area contributed by atoms with Crippen LogP contribution >= 0.6 is 11.8 Å². The number of hydrogen-bond donors (Lipinski definition) is 1. The summed E-state index contributed by atoms with van der Waals surface area (Å²) in [6.45, 7) is 5.58. The van der Waals surface area contributed by atoms with E-state index >= 15 is 0 Å². The van der Waals surface area contributed by atoms with E-state index in [1.165, 1.54) is 19.3 Å². The zero-order valence-electron chi connectivity index (χ0n) is 14.5. The van der Waals surface area contributed by atoms with E-state index in [0.29, 0.717) is 25.2 Å². The van der Waals surface area contributed by atoms with E-state index in [1.807, 2.05) is 25.1 Å². The van der Waals surface area contributed by atoms with Gasteiger partial charge in [0.15, 0.2) is 11.5 Å². The van der Waals surface area contributed by atoms with E-state index in [2.05, 4.69) is 12.2 Å². The highest BCUT2D eigenvalue weighted by Crippen LogP contribution is 2.35. The van der Waals surface area contributed by atoms with Gasteiger partial charge in [0, 0.05) is 17.4 Å². The van der Waals surface area contributed by atoms with Gasteiger partial charge in [-0.05, 0) is 43.9 Å². The Balaban J connectivity index is 1.58. The van der Waals surface area contributed by atoms with Gasteiger partial charge in [-0.2, -0.15) is 0 Å². The van der Waals surface area contributed by atoms with Crippen LogP contribution in [0.5, 0.6) is 11.5 Å². The van der Waals surface area contributed by atoms with Gasteiger partial charge in [0.25, 0.3) is 0 Å². The molecule has 132 valence electrons. The van der Waals surface area contributed by atoms with Crippen LogP contribution in [0.4, 0.5) is 0 Å². The van der Waals surface area contributed by atoms with Crippen LogP contribution in [0.15, 0.2) is 23.1 Å². The Hall–Kier alpha value is -1.36. The second-order valence-corrected chi connectivity index (χ2v) is 8.21. The lowest BCUT2D eigenvalue weighted by Crippen LogP contribution is -2.44. The molecule has 1 aromatic rings. The van der Waals surface area contributed by atoms with Crippen molar-refractivity contribution in [2.75, 3.05) is 13.2 Å². The molecule has 3 rings (SSSR count). The van der Waals surface area contributed by atoms with E-state index in [1.54, 1.807) is 11.8 Å². The summed E-state index contributed by atoms with van der Waals surface area (Å²) in [4.78, 5) is 13.6. The van der Waals surface area contributed by atoms with Crippen molar-refractivity contribution in [1.29, 1.82) is 0 Å². The Labute approximate surface area is 148 Å². The van der Waals surface area contributed by atoms with Crippen molar-refractivity contribution >= 4 is 17.7 Å². The largest absolute Gasteiger partial charge is 0.490 e. The lowest BCUT2D eigenvalue weighted by Gasteiger charge is -2.30. The lowest BCUT2D eigenvalue weighted by molar-refractivity contribution is -0.121. The van der Waals surface area contributed by atoms with Crippen molar-refractivity contribution in [3.8, 4) is 11.5 Å². The summed E-state index contributed by atoms with van der Waals surface area (Å²) in [6.07, 6.45) is 5.73. The van der Waals surface area contributed by atoms with Crippen LogP contribution < -0.4 is 14.8 Å². The van der Waals surface area contributed by atoms with E-state index < -0.39 is 0 Å². The zero-order valence-corrected chi connectivity index (χ0v) is 15.4. The molecule has 1 heterocycles. The molecule has 0 radical (unpaired) electrons. The molecule has 1 aromatic carbocycles. The van der Waals surface area contributed by atoms with Crippen molar-refractivity contribution in [2.24, 2.45) is 5.92 Å². The molecule has 0 aromatic heterocycles. The highest BCUT2D eigenvalue weighted by molar-refractivity contribution is 8.00. The molecule has 1 aliphatic carbocycles. The molecule has 24 heavy (non-hydrogen) atoms.